The van der Waals surface area contributed by atoms with Crippen LogP contribution >= 0.6 is 136 Å². The zero-order chi connectivity index (χ0) is 46.6. The van der Waals surface area contributed by atoms with Gasteiger partial charge in [-0.15, -0.1) is 0 Å². The normalized spacial score (nSPS) is 13.2. The second kappa shape index (κ2) is 26.4. The van der Waals surface area contributed by atoms with Gasteiger partial charge in [-0.25, -0.2) is 0 Å². The number of aliphatic hydroxyl groups excluding tert-OH is 8. The Labute approximate surface area is 430 Å². The zero-order valence-electron chi connectivity index (χ0n) is 31.9. The average molecular weight is 1540 g/mol. The van der Waals surface area contributed by atoms with Crippen molar-refractivity contribution in [3.63, 3.8) is 0 Å². The van der Waals surface area contributed by atoms with E-state index in [0.29, 0.717) is 12.8 Å². The highest BCUT2D eigenvalue weighted by Crippen LogP contribution is 2.46. The van der Waals surface area contributed by atoms with Gasteiger partial charge in [-0.2, -0.15) is 0 Å². The van der Waals surface area contributed by atoms with E-state index in [9.17, 15) is 74.7 Å². The fraction of sp³-hybridized carbons (Fsp3) is 0.471. The summed E-state index contributed by atoms with van der Waals surface area (Å²) in [6.45, 7) is -2.81. The largest absolute Gasteiger partial charge is 0.394 e. The van der Waals surface area contributed by atoms with Crippen LogP contribution in [0, 0.1) is 21.4 Å². The minimum absolute atomic E-state index is 0.0266. The molecule has 0 fully saturated rings. The van der Waals surface area contributed by atoms with E-state index in [1.54, 1.807) is 67.8 Å². The molecule has 2 aromatic carbocycles. The number of carbonyl (C=O) groups excluding carboxylic acids is 6. The van der Waals surface area contributed by atoms with Gasteiger partial charge in [-0.1, -0.05) is 0 Å². The van der Waals surface area contributed by atoms with Crippen LogP contribution in [0.3, 0.4) is 0 Å². The summed E-state index contributed by atoms with van der Waals surface area (Å²) >= 11 is 10.8. The summed E-state index contributed by atoms with van der Waals surface area (Å²) in [7, 11) is 0. The molecule has 0 saturated carbocycles. The first-order valence-electron chi connectivity index (χ1n) is 17.4. The molecule has 0 saturated heterocycles. The molecule has 0 aliphatic heterocycles. The summed E-state index contributed by atoms with van der Waals surface area (Å²) in [6, 6.07) is 0. The monoisotopic (exact) mass is 1540 g/mol. The number of hydrogen-bond acceptors (Lipinski definition) is 15. The van der Waals surface area contributed by atoms with Crippen molar-refractivity contribution in [1.82, 2.24) is 10.6 Å². The van der Waals surface area contributed by atoms with E-state index >= 15 is 0 Å². The second-order valence-electron chi connectivity index (χ2n) is 12.9. The highest BCUT2D eigenvalue weighted by Gasteiger charge is 2.35. The maximum atomic E-state index is 13.6. The summed E-state index contributed by atoms with van der Waals surface area (Å²) in [5, 5.41) is 94.3. The van der Waals surface area contributed by atoms with Gasteiger partial charge in [0.15, 0.2) is 6.29 Å². The molecule has 4 atom stereocenters. The molecule has 0 aliphatic carbocycles. The standard InChI is InChI=1S/C34H42I6N6O15/c1-14(52)45(31-24(36)21(33(60)41-3-16(54)9-47)23(35)22(25(31)37)34(61)42-4-20(58)59)7-17(55)8-46(15(2)53)32-27(39)29(43(12-50)5-18(56)10-48)26(38)30(28(32)40)44(13-51)6-19(57)11-49/h12-13,16-20,47-49,54-59H,3-11H2,1-2H3,(H,41,60)(H,42,61). The van der Waals surface area contributed by atoms with Gasteiger partial charge in [0.2, 0.25) is 24.6 Å². The first-order chi connectivity index (χ1) is 28.5. The van der Waals surface area contributed by atoms with Crippen LogP contribution in [0.15, 0.2) is 0 Å². The smallest absolute Gasteiger partial charge is 0.253 e. The van der Waals surface area contributed by atoms with Crippen molar-refractivity contribution in [2.24, 2.45) is 0 Å². The zero-order valence-corrected chi connectivity index (χ0v) is 44.9. The van der Waals surface area contributed by atoms with E-state index in [1.807, 2.05) is 67.8 Å². The fourth-order valence-electron chi connectivity index (χ4n) is 5.47. The minimum atomic E-state index is -1.94. The average Bonchev–Trinajstić information content (AvgIpc) is 3.19. The first-order valence-corrected chi connectivity index (χ1v) is 23.9. The van der Waals surface area contributed by atoms with E-state index < -0.39 is 113 Å². The van der Waals surface area contributed by atoms with Crippen molar-refractivity contribution >= 4 is 195 Å². The SMILES string of the molecule is CC(=O)N(CC(O)CN(C(C)=O)c1c(I)c(N(C=O)CC(O)CO)c(I)c(N(C=O)CC(O)CO)c1I)c1c(I)c(C(=O)NCC(O)O)c(I)c(C(=O)NCC(O)CO)c1I. The molecule has 4 unspecified atom stereocenters. The van der Waals surface area contributed by atoms with Crippen LogP contribution in [0.1, 0.15) is 34.6 Å². The van der Waals surface area contributed by atoms with Gasteiger partial charge in [0.05, 0.1) is 129 Å². The second-order valence-corrected chi connectivity index (χ2v) is 19.3. The van der Waals surface area contributed by atoms with E-state index in [0.717, 1.165) is 33.4 Å². The van der Waals surface area contributed by atoms with E-state index in [-0.39, 0.29) is 55.3 Å². The molecule has 27 heteroatoms. The maximum Gasteiger partial charge on any atom is 0.253 e. The van der Waals surface area contributed by atoms with Gasteiger partial charge < -0.3 is 76.2 Å². The number of rotatable bonds is 23. The van der Waals surface area contributed by atoms with Crippen molar-refractivity contribution in [3.8, 4) is 0 Å². The van der Waals surface area contributed by atoms with Gasteiger partial charge in [-0.3, -0.25) is 28.8 Å². The number of carbonyl (C=O) groups is 6. The Kier molecular flexibility index (Phi) is 24.4. The predicted octanol–water partition coefficient (Wildman–Crippen LogP) is -1.16. The van der Waals surface area contributed by atoms with Gasteiger partial charge in [0.1, 0.15) is 0 Å². The van der Waals surface area contributed by atoms with Gasteiger partial charge in [0.25, 0.3) is 11.8 Å². The molecular formula is C34H42I6N6O15. The molecule has 6 amide bonds. The lowest BCUT2D eigenvalue weighted by Crippen LogP contribution is -2.45. The number of amides is 6. The summed E-state index contributed by atoms with van der Waals surface area (Å²) in [4.78, 5) is 83.5. The molecule has 340 valence electrons. The van der Waals surface area contributed by atoms with Crippen LogP contribution < -0.4 is 30.2 Å². The third kappa shape index (κ3) is 14.6. The third-order valence-electron chi connectivity index (χ3n) is 8.30. The fourth-order valence-corrected chi connectivity index (χ4v) is 15.2. The van der Waals surface area contributed by atoms with Crippen molar-refractivity contribution in [2.45, 2.75) is 44.6 Å². The number of halogens is 6. The molecule has 0 aliphatic rings. The highest BCUT2D eigenvalue weighted by atomic mass is 127. The molecule has 0 radical (unpaired) electrons. The van der Waals surface area contributed by atoms with E-state index in [4.69, 9.17) is 0 Å². The Morgan fingerprint density at radius 3 is 1.18 bits per heavy atom. The lowest BCUT2D eigenvalue weighted by molar-refractivity contribution is -0.117. The molecule has 61 heavy (non-hydrogen) atoms. The lowest BCUT2D eigenvalue weighted by Gasteiger charge is -2.34. The minimum Gasteiger partial charge on any atom is -0.394 e. The Balaban J connectivity index is 2.91. The summed E-state index contributed by atoms with van der Waals surface area (Å²) in [5.74, 6) is -3.04. The third-order valence-corrected chi connectivity index (χ3v) is 14.5. The lowest BCUT2D eigenvalue weighted by atomic mass is 10.1. The number of hydrogen-bond donors (Lipinski definition) is 11. The number of nitrogens with zero attached hydrogens (tertiary/aromatic N) is 4. The molecule has 2 rings (SSSR count). The topological polar surface area (TPSA) is 322 Å². The highest BCUT2D eigenvalue weighted by molar-refractivity contribution is 14.1. The number of benzene rings is 2. The van der Waals surface area contributed by atoms with Crippen molar-refractivity contribution < 1.29 is 74.7 Å². The molecule has 11 N–H and O–H groups in total. The molecular weight excluding hydrogens is 1490 g/mol. The van der Waals surface area contributed by atoms with Gasteiger partial charge >= 0.3 is 0 Å². The number of anilines is 4. The van der Waals surface area contributed by atoms with Crippen molar-refractivity contribution in [2.75, 3.05) is 78.7 Å². The quantitative estimate of drug-likeness (QED) is 0.0355. The first kappa shape index (κ1) is 56.4. The Hall–Kier alpha value is -0.720. The van der Waals surface area contributed by atoms with Crippen LogP contribution in [0.2, 0.25) is 0 Å². The Bertz CT molecular complexity index is 1900. The van der Waals surface area contributed by atoms with E-state index in [2.05, 4.69) is 10.6 Å². The Morgan fingerprint density at radius 2 is 0.852 bits per heavy atom. The molecule has 2 aromatic rings. The van der Waals surface area contributed by atoms with Crippen LogP contribution in [0.25, 0.3) is 0 Å². The molecule has 21 nitrogen and oxygen atoms in total. The van der Waals surface area contributed by atoms with Crippen LogP contribution in [-0.2, 0) is 19.2 Å². The van der Waals surface area contributed by atoms with E-state index in [1.165, 1.54) is 0 Å². The van der Waals surface area contributed by atoms with Gasteiger partial charge in [0, 0.05) is 24.0 Å². The van der Waals surface area contributed by atoms with Crippen LogP contribution in [0.4, 0.5) is 22.7 Å². The molecule has 0 bridgehead atoms. The number of nitrogens with one attached hydrogen (secondary N) is 2. The predicted molar refractivity (Wildman–Crippen MR) is 270 cm³/mol. The summed E-state index contributed by atoms with van der Waals surface area (Å²) < 4.78 is 0.935. The van der Waals surface area contributed by atoms with Gasteiger partial charge in [-0.05, 0) is 136 Å². The molecule has 0 heterocycles. The molecule has 0 aromatic heterocycles. The summed E-state index contributed by atoms with van der Waals surface area (Å²) in [6.07, 6.45) is -7.00. The van der Waals surface area contributed by atoms with Crippen molar-refractivity contribution in [3.05, 3.63) is 32.5 Å². The van der Waals surface area contributed by atoms with Crippen LogP contribution in [0.5, 0.6) is 0 Å². The van der Waals surface area contributed by atoms with Crippen molar-refractivity contribution in [1.29, 1.82) is 0 Å². The summed E-state index contributed by atoms with van der Waals surface area (Å²) in [5.41, 5.74) is -0.119. The van der Waals surface area contributed by atoms with Crippen LogP contribution in [-0.4, -0.2) is 172 Å². The maximum absolute atomic E-state index is 13.6. The molecule has 0 spiro atoms. The Morgan fingerprint density at radius 1 is 0.508 bits per heavy atom. The number of aliphatic hydroxyl groups is 9.